The first-order valence-electron chi connectivity index (χ1n) is 12.6. The highest BCUT2D eigenvalue weighted by atomic mass is 32.2. The Morgan fingerprint density at radius 1 is 1.09 bits per heavy atom. The van der Waals surface area contributed by atoms with E-state index >= 15 is 0 Å². The van der Waals surface area contributed by atoms with E-state index < -0.39 is 0 Å². The van der Waals surface area contributed by atoms with Gasteiger partial charge in [-0.25, -0.2) is 0 Å². The molecule has 2 heterocycles. The smallest absolute Gasteiger partial charge is 0.230 e. The lowest BCUT2D eigenvalue weighted by molar-refractivity contribution is -0.123. The zero-order valence-corrected chi connectivity index (χ0v) is 20.7. The minimum absolute atomic E-state index is 0.130. The van der Waals surface area contributed by atoms with Gasteiger partial charge < -0.3 is 15.0 Å². The Hall–Kier alpha value is -1.28. The van der Waals surface area contributed by atoms with Crippen molar-refractivity contribution < 1.29 is 9.53 Å². The van der Waals surface area contributed by atoms with E-state index in [9.17, 15) is 4.79 Å². The molecule has 6 rings (SSSR count). The first-order valence-corrected chi connectivity index (χ1v) is 13.6. The number of carbonyl (C=O) groups is 1. The topological polar surface area (TPSA) is 72.3 Å². The molecule has 1 aliphatic heterocycles. The molecule has 1 unspecified atom stereocenters. The van der Waals surface area contributed by atoms with Crippen LogP contribution >= 0.6 is 11.8 Å². The van der Waals surface area contributed by atoms with Crippen molar-refractivity contribution in [2.75, 3.05) is 37.0 Å². The molecule has 0 spiro atoms. The monoisotopic (exact) mass is 461 g/mol. The summed E-state index contributed by atoms with van der Waals surface area (Å²) in [5, 5.41) is 13.2. The second-order valence-corrected chi connectivity index (χ2v) is 12.2. The lowest BCUT2D eigenvalue weighted by Gasteiger charge is -2.59. The van der Waals surface area contributed by atoms with Gasteiger partial charge in [-0.05, 0) is 74.5 Å². The maximum Gasteiger partial charge on any atom is 0.230 e. The number of amides is 1. The second-order valence-electron chi connectivity index (χ2n) is 11.2. The summed E-state index contributed by atoms with van der Waals surface area (Å²) in [6.07, 6.45) is 8.27. The molecule has 1 saturated heterocycles. The summed E-state index contributed by atoms with van der Waals surface area (Å²) in [7, 11) is 0. The summed E-state index contributed by atoms with van der Waals surface area (Å²) in [4.78, 5) is 15.2. The lowest BCUT2D eigenvalue weighted by Crippen LogP contribution is -2.56. The lowest BCUT2D eigenvalue weighted by atomic mass is 9.48. The van der Waals surface area contributed by atoms with Gasteiger partial charge in [-0.2, -0.15) is 0 Å². The van der Waals surface area contributed by atoms with Crippen molar-refractivity contribution in [3.63, 3.8) is 0 Å². The largest absolute Gasteiger partial charge is 0.378 e. The molecule has 1 amide bonds. The van der Waals surface area contributed by atoms with Crippen molar-refractivity contribution in [3.8, 4) is 0 Å². The molecule has 4 aliphatic carbocycles. The zero-order chi connectivity index (χ0) is 22.3. The number of ether oxygens (including phenoxy) is 1. The molecule has 1 N–H and O–H groups in total. The number of carbonyl (C=O) groups excluding carboxylic acids is 1. The molecule has 0 aromatic carbocycles. The second kappa shape index (κ2) is 9.16. The molecular formula is C24H39N5O2S. The third-order valence-electron chi connectivity index (χ3n) is 8.25. The Morgan fingerprint density at radius 3 is 2.31 bits per heavy atom. The normalized spacial score (nSPS) is 32.5. The maximum absolute atomic E-state index is 12.9. The number of hydrogen-bond donors (Lipinski definition) is 1. The van der Waals surface area contributed by atoms with E-state index in [1.807, 2.05) is 0 Å². The fourth-order valence-electron chi connectivity index (χ4n) is 7.18. The molecule has 1 aromatic rings. The van der Waals surface area contributed by atoms with Crippen LogP contribution in [0.25, 0.3) is 0 Å². The van der Waals surface area contributed by atoms with Gasteiger partial charge in [-0.1, -0.05) is 25.6 Å². The number of hydrogen-bond acceptors (Lipinski definition) is 6. The average molecular weight is 462 g/mol. The minimum Gasteiger partial charge on any atom is -0.378 e. The molecule has 0 radical (unpaired) electrons. The molecule has 7 nitrogen and oxygen atoms in total. The third kappa shape index (κ3) is 4.54. The molecule has 178 valence electrons. The SMILES string of the molecule is CC(C)Cn1c(SCC(=O)NC(C)C23CC4CC(CC(C4)C2)C3)nnc1N1CCOCC1. The van der Waals surface area contributed by atoms with Gasteiger partial charge in [0.15, 0.2) is 5.16 Å². The molecule has 4 bridgehead atoms. The maximum atomic E-state index is 12.9. The minimum atomic E-state index is 0.130. The van der Waals surface area contributed by atoms with Crippen molar-refractivity contribution in [2.45, 2.75) is 77.0 Å². The number of thioether (sulfide) groups is 1. The van der Waals surface area contributed by atoms with Crippen molar-refractivity contribution in [1.29, 1.82) is 0 Å². The first kappa shape index (κ1) is 22.5. The van der Waals surface area contributed by atoms with E-state index in [2.05, 4.69) is 45.8 Å². The quantitative estimate of drug-likeness (QED) is 0.597. The van der Waals surface area contributed by atoms with Crippen LogP contribution < -0.4 is 10.2 Å². The number of anilines is 1. The highest BCUT2D eigenvalue weighted by molar-refractivity contribution is 7.99. The number of nitrogens with one attached hydrogen (secondary N) is 1. The molecular weight excluding hydrogens is 422 g/mol. The van der Waals surface area contributed by atoms with Crippen LogP contribution in [0.2, 0.25) is 0 Å². The van der Waals surface area contributed by atoms with Crippen LogP contribution in [0.1, 0.15) is 59.3 Å². The first-order chi connectivity index (χ1) is 15.4. The zero-order valence-electron chi connectivity index (χ0n) is 19.9. The summed E-state index contributed by atoms with van der Waals surface area (Å²) in [6.45, 7) is 10.6. The van der Waals surface area contributed by atoms with E-state index in [-0.39, 0.29) is 11.9 Å². The van der Waals surface area contributed by atoms with Crippen LogP contribution in [-0.4, -0.2) is 58.8 Å². The summed E-state index contributed by atoms with van der Waals surface area (Å²) < 4.78 is 7.69. The van der Waals surface area contributed by atoms with Crippen LogP contribution in [-0.2, 0) is 16.1 Å². The highest BCUT2D eigenvalue weighted by Gasteiger charge is 2.53. The third-order valence-corrected chi connectivity index (χ3v) is 9.22. The molecule has 32 heavy (non-hydrogen) atoms. The van der Waals surface area contributed by atoms with Crippen molar-refractivity contribution in [2.24, 2.45) is 29.1 Å². The Balaban J connectivity index is 1.21. The molecule has 8 heteroatoms. The van der Waals surface area contributed by atoms with E-state index in [4.69, 9.17) is 4.74 Å². The van der Waals surface area contributed by atoms with Crippen molar-refractivity contribution in [1.82, 2.24) is 20.1 Å². The van der Waals surface area contributed by atoms with Gasteiger partial charge in [0.05, 0.1) is 19.0 Å². The highest BCUT2D eigenvalue weighted by Crippen LogP contribution is 2.61. The fourth-order valence-corrected chi connectivity index (χ4v) is 7.94. The standard InChI is InChI=1S/C24H39N5O2S/c1-16(2)14-29-22(28-4-6-31-7-5-28)26-27-23(29)32-15-21(30)25-17(3)24-11-18-8-19(12-24)10-20(9-18)13-24/h16-20H,4-15H2,1-3H3,(H,25,30). The van der Waals surface area contributed by atoms with E-state index in [1.165, 1.54) is 50.3 Å². The van der Waals surface area contributed by atoms with E-state index in [0.29, 0.717) is 17.1 Å². The van der Waals surface area contributed by atoms with E-state index in [1.54, 1.807) is 0 Å². The predicted octanol–water partition coefficient (Wildman–Crippen LogP) is 3.58. The summed E-state index contributed by atoms with van der Waals surface area (Å²) in [5.74, 6) is 4.64. The summed E-state index contributed by atoms with van der Waals surface area (Å²) in [5.41, 5.74) is 0.343. The van der Waals surface area contributed by atoms with Crippen molar-refractivity contribution in [3.05, 3.63) is 0 Å². The number of aromatic nitrogens is 3. The van der Waals surface area contributed by atoms with Gasteiger partial charge >= 0.3 is 0 Å². The molecule has 4 saturated carbocycles. The number of rotatable bonds is 8. The van der Waals surface area contributed by atoms with Gasteiger partial charge in [-0.3, -0.25) is 9.36 Å². The van der Waals surface area contributed by atoms with Crippen molar-refractivity contribution >= 4 is 23.6 Å². The molecule has 5 aliphatic rings. The van der Waals surface area contributed by atoms with E-state index in [0.717, 1.165) is 61.7 Å². The Labute approximate surface area is 196 Å². The Bertz CT molecular complexity index is 784. The summed E-state index contributed by atoms with van der Waals surface area (Å²) >= 11 is 1.52. The predicted molar refractivity (Wildman–Crippen MR) is 127 cm³/mol. The molecule has 1 atom stereocenters. The number of nitrogens with zero attached hydrogens (tertiary/aromatic N) is 4. The van der Waals surface area contributed by atoms with Gasteiger partial charge in [-0.15, -0.1) is 10.2 Å². The van der Waals surface area contributed by atoms with Crippen LogP contribution in [0, 0.1) is 29.1 Å². The van der Waals surface area contributed by atoms with Crippen LogP contribution in [0.3, 0.4) is 0 Å². The molecule has 5 fully saturated rings. The fraction of sp³-hybridized carbons (Fsp3) is 0.875. The molecule has 1 aromatic heterocycles. The van der Waals surface area contributed by atoms with Gasteiger partial charge in [0, 0.05) is 25.7 Å². The Kier molecular flexibility index (Phi) is 6.45. The van der Waals surface area contributed by atoms with Gasteiger partial charge in [0.1, 0.15) is 0 Å². The van der Waals surface area contributed by atoms with Crippen LogP contribution in [0.4, 0.5) is 5.95 Å². The summed E-state index contributed by atoms with van der Waals surface area (Å²) in [6, 6.07) is 0.265. The van der Waals surface area contributed by atoms with Crippen LogP contribution in [0.15, 0.2) is 5.16 Å². The van der Waals surface area contributed by atoms with Gasteiger partial charge in [0.25, 0.3) is 0 Å². The van der Waals surface area contributed by atoms with Crippen LogP contribution in [0.5, 0.6) is 0 Å². The van der Waals surface area contributed by atoms with Gasteiger partial charge in [0.2, 0.25) is 11.9 Å². The number of morpholine rings is 1. The average Bonchev–Trinajstić information content (AvgIpc) is 3.13. The Morgan fingerprint density at radius 2 is 1.72 bits per heavy atom.